The van der Waals surface area contributed by atoms with Gasteiger partial charge in [0.1, 0.15) is 11.5 Å². The van der Waals surface area contributed by atoms with Crippen molar-refractivity contribution in [2.45, 2.75) is 19.6 Å². The third kappa shape index (κ3) is 4.22. The Morgan fingerprint density at radius 3 is 2.30 bits per heavy atom. The Morgan fingerprint density at radius 2 is 1.60 bits per heavy atom. The summed E-state index contributed by atoms with van der Waals surface area (Å²) < 4.78 is 14.9. The molecule has 0 atom stereocenters. The third-order valence-electron chi connectivity index (χ3n) is 5.08. The molecule has 152 valence electrons. The van der Waals surface area contributed by atoms with Gasteiger partial charge in [0.05, 0.1) is 0 Å². The molecule has 0 fully saturated rings. The lowest BCUT2D eigenvalue weighted by Crippen LogP contribution is -2.17. The summed E-state index contributed by atoms with van der Waals surface area (Å²) in [6, 6.07) is 21.3. The standard InChI is InChI=1S/C24H20ClFN2O2/c25-18-9-5-17(6-10-18)15-28-22-4-2-1-3-20(22)21(23(28)24(29)30)14-27-13-16-7-11-19(26)12-8-16/h1-12,27H,13-15H2,(H,29,30). The molecule has 0 aliphatic rings. The van der Waals surface area contributed by atoms with Crippen LogP contribution >= 0.6 is 11.6 Å². The van der Waals surface area contributed by atoms with E-state index in [0.717, 1.165) is 27.6 Å². The number of carboxylic acid groups (broad SMARTS) is 1. The lowest BCUT2D eigenvalue weighted by atomic mass is 10.1. The van der Waals surface area contributed by atoms with Crippen LogP contribution in [0.5, 0.6) is 0 Å². The van der Waals surface area contributed by atoms with Gasteiger partial charge in [0.2, 0.25) is 0 Å². The van der Waals surface area contributed by atoms with Gasteiger partial charge in [-0.3, -0.25) is 0 Å². The molecular weight excluding hydrogens is 403 g/mol. The average Bonchev–Trinajstić information content (AvgIpc) is 3.05. The smallest absolute Gasteiger partial charge is 0.352 e. The van der Waals surface area contributed by atoms with Gasteiger partial charge in [-0.1, -0.05) is 54.1 Å². The number of carbonyl (C=O) groups is 1. The fourth-order valence-electron chi connectivity index (χ4n) is 3.67. The zero-order chi connectivity index (χ0) is 21.1. The molecule has 1 heterocycles. The topological polar surface area (TPSA) is 54.3 Å². The third-order valence-corrected chi connectivity index (χ3v) is 5.33. The molecule has 4 aromatic rings. The van der Waals surface area contributed by atoms with E-state index < -0.39 is 5.97 Å². The zero-order valence-electron chi connectivity index (χ0n) is 16.1. The number of para-hydroxylation sites is 1. The van der Waals surface area contributed by atoms with Crippen molar-refractivity contribution in [3.8, 4) is 0 Å². The number of aromatic carboxylic acids is 1. The summed E-state index contributed by atoms with van der Waals surface area (Å²) in [5.74, 6) is -1.25. The van der Waals surface area contributed by atoms with Gasteiger partial charge in [-0.15, -0.1) is 0 Å². The predicted molar refractivity (Wildman–Crippen MR) is 116 cm³/mol. The van der Waals surface area contributed by atoms with E-state index in [4.69, 9.17) is 11.6 Å². The molecule has 0 radical (unpaired) electrons. The maximum absolute atomic E-state index is 13.1. The molecule has 0 saturated carbocycles. The molecule has 4 rings (SSSR count). The molecule has 3 aromatic carbocycles. The maximum Gasteiger partial charge on any atom is 0.352 e. The van der Waals surface area contributed by atoms with Crippen molar-refractivity contribution in [1.29, 1.82) is 0 Å². The summed E-state index contributed by atoms with van der Waals surface area (Å²) in [6.07, 6.45) is 0. The quantitative estimate of drug-likeness (QED) is 0.415. The van der Waals surface area contributed by atoms with Crippen molar-refractivity contribution >= 4 is 28.5 Å². The summed E-state index contributed by atoms with van der Waals surface area (Å²) in [5.41, 5.74) is 3.75. The van der Waals surface area contributed by atoms with E-state index in [1.807, 2.05) is 41.0 Å². The fraction of sp³-hybridized carbons (Fsp3) is 0.125. The highest BCUT2D eigenvalue weighted by Crippen LogP contribution is 2.28. The molecule has 0 saturated heterocycles. The van der Waals surface area contributed by atoms with Gasteiger partial charge in [0.25, 0.3) is 0 Å². The first-order chi connectivity index (χ1) is 14.5. The minimum Gasteiger partial charge on any atom is -0.477 e. The second-order valence-corrected chi connectivity index (χ2v) is 7.53. The molecule has 2 N–H and O–H groups in total. The van der Waals surface area contributed by atoms with Crippen LogP contribution in [0.3, 0.4) is 0 Å². The van der Waals surface area contributed by atoms with Crippen molar-refractivity contribution in [2.24, 2.45) is 0 Å². The van der Waals surface area contributed by atoms with Crippen molar-refractivity contribution in [3.63, 3.8) is 0 Å². The van der Waals surface area contributed by atoms with E-state index in [1.165, 1.54) is 12.1 Å². The number of hydrogen-bond acceptors (Lipinski definition) is 2. The molecule has 30 heavy (non-hydrogen) atoms. The highest BCUT2D eigenvalue weighted by atomic mass is 35.5. The SMILES string of the molecule is O=C(O)c1c(CNCc2ccc(F)cc2)c2ccccc2n1Cc1ccc(Cl)cc1. The molecule has 4 nitrogen and oxygen atoms in total. The van der Waals surface area contributed by atoms with Crippen LogP contribution in [-0.2, 0) is 19.6 Å². The molecule has 0 unspecified atom stereocenters. The van der Waals surface area contributed by atoms with Crippen LogP contribution in [0, 0.1) is 5.82 Å². The van der Waals surface area contributed by atoms with E-state index in [0.29, 0.717) is 24.7 Å². The molecule has 0 amide bonds. The lowest BCUT2D eigenvalue weighted by Gasteiger charge is -2.10. The number of nitrogens with zero attached hydrogens (tertiary/aromatic N) is 1. The molecule has 1 aromatic heterocycles. The van der Waals surface area contributed by atoms with Crippen LogP contribution in [0.15, 0.2) is 72.8 Å². The van der Waals surface area contributed by atoms with Crippen molar-refractivity contribution in [3.05, 3.63) is 106 Å². The number of halogens is 2. The van der Waals surface area contributed by atoms with Crippen LogP contribution < -0.4 is 5.32 Å². The largest absolute Gasteiger partial charge is 0.477 e. The van der Waals surface area contributed by atoms with Gasteiger partial charge >= 0.3 is 5.97 Å². The van der Waals surface area contributed by atoms with E-state index in [-0.39, 0.29) is 11.5 Å². The molecule has 0 aliphatic carbocycles. The Balaban J connectivity index is 1.67. The number of benzene rings is 3. The Kier molecular flexibility index (Phi) is 5.84. The summed E-state index contributed by atoms with van der Waals surface area (Å²) >= 11 is 5.98. The van der Waals surface area contributed by atoms with Crippen LogP contribution in [0.2, 0.25) is 5.02 Å². The van der Waals surface area contributed by atoms with Gasteiger partial charge in [-0.2, -0.15) is 0 Å². The Morgan fingerprint density at radius 1 is 0.933 bits per heavy atom. The Labute approximate surface area is 178 Å². The second-order valence-electron chi connectivity index (χ2n) is 7.09. The molecular formula is C24H20ClFN2O2. The summed E-state index contributed by atoms with van der Waals surface area (Å²) in [4.78, 5) is 12.2. The first-order valence-corrected chi connectivity index (χ1v) is 9.93. The number of nitrogens with one attached hydrogen (secondary N) is 1. The average molecular weight is 423 g/mol. The van der Waals surface area contributed by atoms with E-state index in [2.05, 4.69) is 5.32 Å². The Bertz CT molecular complexity index is 1180. The van der Waals surface area contributed by atoms with E-state index >= 15 is 0 Å². The monoisotopic (exact) mass is 422 g/mol. The highest BCUT2D eigenvalue weighted by molar-refractivity contribution is 6.30. The van der Waals surface area contributed by atoms with Crippen molar-refractivity contribution < 1.29 is 14.3 Å². The first-order valence-electron chi connectivity index (χ1n) is 9.56. The van der Waals surface area contributed by atoms with Crippen LogP contribution in [0.25, 0.3) is 10.9 Å². The normalized spacial score (nSPS) is 11.1. The zero-order valence-corrected chi connectivity index (χ0v) is 16.9. The summed E-state index contributed by atoms with van der Waals surface area (Å²) in [7, 11) is 0. The van der Waals surface area contributed by atoms with Crippen LogP contribution in [0.1, 0.15) is 27.2 Å². The van der Waals surface area contributed by atoms with Gasteiger partial charge in [-0.05, 0) is 41.5 Å². The lowest BCUT2D eigenvalue weighted by molar-refractivity contribution is 0.0684. The van der Waals surface area contributed by atoms with Crippen LogP contribution in [0.4, 0.5) is 4.39 Å². The molecule has 0 spiro atoms. The molecule has 0 aliphatic heterocycles. The van der Waals surface area contributed by atoms with Crippen molar-refractivity contribution in [1.82, 2.24) is 9.88 Å². The minimum absolute atomic E-state index is 0.262. The Hall–Kier alpha value is -3.15. The number of rotatable bonds is 7. The van der Waals surface area contributed by atoms with Gasteiger partial charge in [-0.25, -0.2) is 9.18 Å². The predicted octanol–water partition coefficient (Wildman–Crippen LogP) is 5.47. The van der Waals surface area contributed by atoms with E-state index in [9.17, 15) is 14.3 Å². The van der Waals surface area contributed by atoms with Gasteiger partial charge in [0, 0.05) is 41.1 Å². The summed E-state index contributed by atoms with van der Waals surface area (Å²) in [5, 5.41) is 14.8. The molecule has 0 bridgehead atoms. The van der Waals surface area contributed by atoms with E-state index in [1.54, 1.807) is 24.3 Å². The van der Waals surface area contributed by atoms with Gasteiger partial charge in [0.15, 0.2) is 0 Å². The van der Waals surface area contributed by atoms with Crippen LogP contribution in [-0.4, -0.2) is 15.6 Å². The second kappa shape index (κ2) is 8.69. The fourth-order valence-corrected chi connectivity index (χ4v) is 3.80. The maximum atomic E-state index is 13.1. The highest BCUT2D eigenvalue weighted by Gasteiger charge is 2.22. The minimum atomic E-state index is -0.973. The number of hydrogen-bond donors (Lipinski definition) is 2. The summed E-state index contributed by atoms with van der Waals surface area (Å²) in [6.45, 7) is 1.32. The number of fused-ring (bicyclic) bond motifs is 1. The van der Waals surface area contributed by atoms with Gasteiger partial charge < -0.3 is 15.0 Å². The number of carboxylic acids is 1. The molecule has 6 heteroatoms. The number of aromatic nitrogens is 1. The first kappa shape index (κ1) is 20.1. The van der Waals surface area contributed by atoms with Crippen molar-refractivity contribution in [2.75, 3.05) is 0 Å².